The quantitative estimate of drug-likeness (QED) is 0.686. The van der Waals surface area contributed by atoms with E-state index in [1.165, 1.54) is 0 Å². The van der Waals surface area contributed by atoms with Crippen LogP contribution in [0.15, 0.2) is 34.7 Å². The van der Waals surface area contributed by atoms with Gasteiger partial charge in [0.05, 0.1) is 19.2 Å². The molecular formula is C19H22N2O4. The van der Waals surface area contributed by atoms with E-state index in [0.717, 1.165) is 28.0 Å². The average Bonchev–Trinajstić information content (AvgIpc) is 3.15. The fourth-order valence-corrected chi connectivity index (χ4v) is 3.17. The minimum Gasteiger partial charge on any atom is -0.497 e. The number of methoxy groups -OCH3 is 1. The SMILES string of the molecule is CCn1c(C(=O)O)c(CNCc2ccc(C)o2)c2ccc(OC)cc21. The average molecular weight is 342 g/mol. The first-order valence-corrected chi connectivity index (χ1v) is 8.23. The van der Waals surface area contributed by atoms with Crippen LogP contribution in [0.5, 0.6) is 5.75 Å². The summed E-state index contributed by atoms with van der Waals surface area (Å²) in [6.45, 7) is 5.39. The Morgan fingerprint density at radius 3 is 2.68 bits per heavy atom. The summed E-state index contributed by atoms with van der Waals surface area (Å²) in [5.74, 6) is 1.47. The Morgan fingerprint density at radius 2 is 2.08 bits per heavy atom. The second kappa shape index (κ2) is 7.03. The molecule has 0 bridgehead atoms. The van der Waals surface area contributed by atoms with Gasteiger partial charge in [0.25, 0.3) is 0 Å². The van der Waals surface area contributed by atoms with Crippen molar-refractivity contribution in [3.8, 4) is 5.75 Å². The summed E-state index contributed by atoms with van der Waals surface area (Å²) in [7, 11) is 1.60. The number of nitrogens with one attached hydrogen (secondary N) is 1. The van der Waals surface area contributed by atoms with Gasteiger partial charge in [-0.2, -0.15) is 0 Å². The molecule has 2 aromatic heterocycles. The summed E-state index contributed by atoms with van der Waals surface area (Å²) in [4.78, 5) is 11.9. The number of ether oxygens (including phenoxy) is 1. The zero-order valence-electron chi connectivity index (χ0n) is 14.6. The summed E-state index contributed by atoms with van der Waals surface area (Å²) in [5, 5.41) is 13.9. The van der Waals surface area contributed by atoms with Crippen LogP contribution in [0.4, 0.5) is 0 Å². The second-order valence-corrected chi connectivity index (χ2v) is 5.88. The van der Waals surface area contributed by atoms with E-state index in [9.17, 15) is 9.90 Å². The van der Waals surface area contributed by atoms with Gasteiger partial charge in [0.15, 0.2) is 0 Å². The first-order chi connectivity index (χ1) is 12.0. The van der Waals surface area contributed by atoms with Gasteiger partial charge in [-0.25, -0.2) is 4.79 Å². The van der Waals surface area contributed by atoms with Gasteiger partial charge in [0.1, 0.15) is 23.0 Å². The first kappa shape index (κ1) is 17.1. The Bertz CT molecular complexity index is 908. The maximum Gasteiger partial charge on any atom is 0.352 e. The lowest BCUT2D eigenvalue weighted by Gasteiger charge is -2.06. The van der Waals surface area contributed by atoms with Gasteiger partial charge < -0.3 is 24.1 Å². The van der Waals surface area contributed by atoms with Crippen molar-refractivity contribution in [1.82, 2.24) is 9.88 Å². The normalized spacial score (nSPS) is 11.2. The van der Waals surface area contributed by atoms with Crippen molar-refractivity contribution < 1.29 is 19.1 Å². The molecule has 0 aliphatic heterocycles. The maximum atomic E-state index is 11.9. The summed E-state index contributed by atoms with van der Waals surface area (Å²) < 4.78 is 12.6. The van der Waals surface area contributed by atoms with Gasteiger partial charge in [0, 0.05) is 30.1 Å². The zero-order valence-corrected chi connectivity index (χ0v) is 14.6. The van der Waals surface area contributed by atoms with E-state index >= 15 is 0 Å². The first-order valence-electron chi connectivity index (χ1n) is 8.23. The molecule has 0 saturated carbocycles. The molecule has 3 rings (SSSR count). The molecule has 6 heteroatoms. The number of carbonyl (C=O) groups is 1. The van der Waals surface area contributed by atoms with Crippen molar-refractivity contribution in [2.75, 3.05) is 7.11 Å². The molecule has 6 nitrogen and oxygen atoms in total. The van der Waals surface area contributed by atoms with Crippen LogP contribution in [0, 0.1) is 6.92 Å². The fraction of sp³-hybridized carbons (Fsp3) is 0.316. The molecule has 0 radical (unpaired) electrons. The highest BCUT2D eigenvalue weighted by Crippen LogP contribution is 2.30. The van der Waals surface area contributed by atoms with Crippen LogP contribution in [0.25, 0.3) is 10.9 Å². The molecule has 0 fully saturated rings. The van der Waals surface area contributed by atoms with Gasteiger partial charge >= 0.3 is 5.97 Å². The molecule has 0 amide bonds. The van der Waals surface area contributed by atoms with Crippen molar-refractivity contribution in [2.24, 2.45) is 0 Å². The number of carboxylic acids is 1. The van der Waals surface area contributed by atoms with Gasteiger partial charge in [0.2, 0.25) is 0 Å². The minimum absolute atomic E-state index is 0.314. The van der Waals surface area contributed by atoms with Gasteiger partial charge in [-0.15, -0.1) is 0 Å². The van der Waals surface area contributed by atoms with E-state index in [1.54, 1.807) is 7.11 Å². The second-order valence-electron chi connectivity index (χ2n) is 5.88. The lowest BCUT2D eigenvalue weighted by atomic mass is 10.1. The van der Waals surface area contributed by atoms with Crippen molar-refractivity contribution >= 4 is 16.9 Å². The van der Waals surface area contributed by atoms with Gasteiger partial charge in [-0.05, 0) is 38.1 Å². The number of aromatic carboxylic acids is 1. The number of benzene rings is 1. The number of nitrogens with zero attached hydrogens (tertiary/aromatic N) is 1. The molecule has 132 valence electrons. The summed E-state index contributed by atoms with van der Waals surface area (Å²) >= 11 is 0. The van der Waals surface area contributed by atoms with Crippen molar-refractivity contribution in [3.05, 3.63) is 53.1 Å². The molecule has 0 aliphatic rings. The third kappa shape index (κ3) is 3.25. The molecule has 25 heavy (non-hydrogen) atoms. The smallest absolute Gasteiger partial charge is 0.352 e. The van der Waals surface area contributed by atoms with Gasteiger partial charge in [-0.3, -0.25) is 0 Å². The molecule has 3 aromatic rings. The van der Waals surface area contributed by atoms with E-state index in [-0.39, 0.29) is 0 Å². The Labute approximate surface area is 146 Å². The number of aromatic nitrogens is 1. The lowest BCUT2D eigenvalue weighted by Crippen LogP contribution is -2.16. The Balaban J connectivity index is 1.97. The summed E-state index contributed by atoms with van der Waals surface area (Å²) in [5.41, 5.74) is 1.95. The van der Waals surface area contributed by atoms with E-state index in [4.69, 9.17) is 9.15 Å². The molecule has 2 heterocycles. The number of carboxylic acid groups (broad SMARTS) is 1. The predicted molar refractivity (Wildman–Crippen MR) is 95.1 cm³/mol. The van der Waals surface area contributed by atoms with Crippen LogP contribution in [-0.2, 0) is 19.6 Å². The molecule has 1 aromatic carbocycles. The van der Waals surface area contributed by atoms with E-state index in [1.807, 2.05) is 48.7 Å². The van der Waals surface area contributed by atoms with Crippen LogP contribution in [-0.4, -0.2) is 22.8 Å². The molecular weight excluding hydrogens is 320 g/mol. The number of fused-ring (bicyclic) bond motifs is 1. The maximum absolute atomic E-state index is 11.9. The summed E-state index contributed by atoms with van der Waals surface area (Å²) in [6.07, 6.45) is 0. The molecule has 0 spiro atoms. The van der Waals surface area contributed by atoms with Crippen LogP contribution in [0.1, 0.15) is 34.5 Å². The molecule has 2 N–H and O–H groups in total. The zero-order chi connectivity index (χ0) is 18.0. The third-order valence-corrected chi connectivity index (χ3v) is 4.29. The van der Waals surface area contributed by atoms with E-state index < -0.39 is 5.97 Å². The number of rotatable bonds is 7. The molecule has 0 saturated heterocycles. The van der Waals surface area contributed by atoms with Crippen molar-refractivity contribution in [2.45, 2.75) is 33.5 Å². The van der Waals surface area contributed by atoms with E-state index in [0.29, 0.717) is 31.1 Å². The molecule has 0 unspecified atom stereocenters. The summed E-state index contributed by atoms with van der Waals surface area (Å²) in [6, 6.07) is 9.48. The Hall–Kier alpha value is -2.73. The van der Waals surface area contributed by atoms with Crippen LogP contribution in [0.2, 0.25) is 0 Å². The van der Waals surface area contributed by atoms with Crippen LogP contribution < -0.4 is 10.1 Å². The minimum atomic E-state index is -0.928. The molecule has 0 aliphatic carbocycles. The van der Waals surface area contributed by atoms with Crippen molar-refractivity contribution in [1.29, 1.82) is 0 Å². The highest BCUT2D eigenvalue weighted by atomic mass is 16.5. The Kier molecular flexibility index (Phi) is 4.81. The van der Waals surface area contributed by atoms with Crippen LogP contribution in [0.3, 0.4) is 0 Å². The predicted octanol–water partition coefficient (Wildman–Crippen LogP) is 3.56. The van der Waals surface area contributed by atoms with Gasteiger partial charge in [-0.1, -0.05) is 0 Å². The highest BCUT2D eigenvalue weighted by molar-refractivity contribution is 5.98. The monoisotopic (exact) mass is 342 g/mol. The number of aryl methyl sites for hydroxylation is 2. The third-order valence-electron chi connectivity index (χ3n) is 4.29. The molecule has 0 atom stereocenters. The number of hydrogen-bond donors (Lipinski definition) is 2. The highest BCUT2D eigenvalue weighted by Gasteiger charge is 2.21. The lowest BCUT2D eigenvalue weighted by molar-refractivity contribution is 0.0684. The largest absolute Gasteiger partial charge is 0.497 e. The Morgan fingerprint density at radius 1 is 1.28 bits per heavy atom. The van der Waals surface area contributed by atoms with Crippen molar-refractivity contribution in [3.63, 3.8) is 0 Å². The standard InChI is InChI=1S/C19H22N2O4/c1-4-21-17-9-13(24-3)7-8-15(17)16(18(21)19(22)23)11-20-10-14-6-5-12(2)25-14/h5-9,20H,4,10-11H2,1-3H3,(H,22,23). The number of hydrogen-bond acceptors (Lipinski definition) is 4. The topological polar surface area (TPSA) is 76.6 Å². The van der Waals surface area contributed by atoms with E-state index in [2.05, 4.69) is 5.32 Å². The number of furan rings is 1. The fourth-order valence-electron chi connectivity index (χ4n) is 3.17. The van der Waals surface area contributed by atoms with Crippen LogP contribution >= 0.6 is 0 Å².